The summed E-state index contributed by atoms with van der Waals surface area (Å²) >= 11 is 0. The Labute approximate surface area is 119 Å². The van der Waals surface area contributed by atoms with Gasteiger partial charge in [0.25, 0.3) is 0 Å². The van der Waals surface area contributed by atoms with Crippen molar-refractivity contribution in [2.45, 2.75) is 19.4 Å². The maximum atomic E-state index is 11.1. The number of likely N-dealkylation sites (N-methyl/N-ethyl adjacent to an activating group) is 1. The summed E-state index contributed by atoms with van der Waals surface area (Å²) in [5.41, 5.74) is 6.48. The van der Waals surface area contributed by atoms with E-state index < -0.39 is 11.6 Å². The topological polar surface area (TPSA) is 98.8 Å². The normalized spacial score (nSPS) is 14.1. The molecular weight excluding hydrogens is 258 g/mol. The van der Waals surface area contributed by atoms with E-state index in [9.17, 15) is 9.90 Å². The number of anilines is 2. The third-order valence-corrected chi connectivity index (χ3v) is 2.95. The molecule has 0 saturated carbocycles. The summed E-state index contributed by atoms with van der Waals surface area (Å²) in [4.78, 5) is 13.0. The molecule has 6 heteroatoms. The minimum absolute atomic E-state index is 0.0692. The zero-order valence-corrected chi connectivity index (χ0v) is 12.4. The monoisotopic (exact) mass is 281 g/mol. The Morgan fingerprint density at radius 3 is 2.55 bits per heavy atom. The molecule has 1 aromatic carbocycles. The minimum atomic E-state index is -1.06. The number of nitrogen functional groups attached to an aromatic ring is 1. The van der Waals surface area contributed by atoms with Crippen LogP contribution in [0.25, 0.3) is 0 Å². The van der Waals surface area contributed by atoms with E-state index in [1.165, 1.54) is 6.07 Å². The maximum Gasteiger partial charge on any atom is 0.337 e. The fraction of sp³-hybridized carbons (Fsp3) is 0.500. The highest BCUT2D eigenvalue weighted by atomic mass is 16.4. The number of carbonyl (C=O) groups is 1. The molecule has 0 spiro atoms. The smallest absolute Gasteiger partial charge is 0.337 e. The molecule has 0 radical (unpaired) electrons. The second kappa shape index (κ2) is 6.11. The van der Waals surface area contributed by atoms with Crippen LogP contribution in [0.2, 0.25) is 0 Å². The molecule has 5 N–H and O–H groups in total. The van der Waals surface area contributed by atoms with Crippen LogP contribution in [0.3, 0.4) is 0 Å². The third kappa shape index (κ3) is 4.40. The number of carboxylic acid groups (broad SMARTS) is 1. The van der Waals surface area contributed by atoms with Crippen molar-refractivity contribution in [1.82, 2.24) is 4.90 Å². The van der Waals surface area contributed by atoms with Gasteiger partial charge in [0.1, 0.15) is 0 Å². The molecule has 0 fully saturated rings. The van der Waals surface area contributed by atoms with Gasteiger partial charge in [0.05, 0.1) is 11.2 Å². The molecule has 0 amide bonds. The van der Waals surface area contributed by atoms with Crippen LogP contribution >= 0.6 is 0 Å². The number of hydrogen-bond donors (Lipinski definition) is 4. The summed E-state index contributed by atoms with van der Waals surface area (Å²) in [6.07, 6.45) is 0. The Balaban J connectivity index is 2.86. The van der Waals surface area contributed by atoms with Gasteiger partial charge in [-0.05, 0) is 45.6 Å². The highest BCUT2D eigenvalue weighted by Crippen LogP contribution is 2.23. The van der Waals surface area contributed by atoms with Crippen molar-refractivity contribution < 1.29 is 15.0 Å². The van der Waals surface area contributed by atoms with Crippen molar-refractivity contribution >= 4 is 17.3 Å². The number of nitrogens with one attached hydrogen (secondary N) is 1. The van der Waals surface area contributed by atoms with E-state index in [-0.39, 0.29) is 11.3 Å². The zero-order valence-electron chi connectivity index (χ0n) is 12.4. The molecule has 0 bridgehead atoms. The predicted octanol–water partition coefficient (Wildman–Crippen LogP) is 1.000. The number of nitrogens with zero attached hydrogens (tertiary/aromatic N) is 1. The summed E-state index contributed by atoms with van der Waals surface area (Å²) in [6.45, 7) is 4.29. The van der Waals surface area contributed by atoms with E-state index in [0.29, 0.717) is 24.3 Å². The Kier molecular flexibility index (Phi) is 4.97. The SMILES string of the molecule is Cc1cc(NCC(C)(O)CN(C)C)cc(C(=O)O)c1N. The van der Waals surface area contributed by atoms with Crippen LogP contribution in [0, 0.1) is 6.92 Å². The molecule has 1 atom stereocenters. The summed E-state index contributed by atoms with van der Waals surface area (Å²) < 4.78 is 0. The number of aromatic carboxylic acids is 1. The molecule has 112 valence electrons. The number of hydrogen-bond acceptors (Lipinski definition) is 5. The highest BCUT2D eigenvalue weighted by Gasteiger charge is 2.21. The van der Waals surface area contributed by atoms with Crippen molar-refractivity contribution in [3.63, 3.8) is 0 Å². The Hall–Kier alpha value is -1.79. The van der Waals surface area contributed by atoms with Crippen LogP contribution < -0.4 is 11.1 Å². The van der Waals surface area contributed by atoms with E-state index >= 15 is 0 Å². The molecule has 0 aliphatic rings. The first kappa shape index (κ1) is 16.3. The molecule has 0 aliphatic carbocycles. The van der Waals surface area contributed by atoms with Crippen molar-refractivity contribution in [2.75, 3.05) is 38.2 Å². The van der Waals surface area contributed by atoms with Gasteiger partial charge in [-0.25, -0.2) is 4.79 Å². The van der Waals surface area contributed by atoms with E-state index in [1.54, 1.807) is 19.9 Å². The van der Waals surface area contributed by atoms with E-state index in [1.807, 2.05) is 19.0 Å². The fourth-order valence-electron chi connectivity index (χ4n) is 2.11. The van der Waals surface area contributed by atoms with E-state index in [2.05, 4.69) is 5.32 Å². The largest absolute Gasteiger partial charge is 0.478 e. The van der Waals surface area contributed by atoms with Crippen LogP contribution in [0.5, 0.6) is 0 Å². The van der Waals surface area contributed by atoms with Crippen LogP contribution in [-0.2, 0) is 0 Å². The highest BCUT2D eigenvalue weighted by molar-refractivity contribution is 5.95. The molecule has 6 nitrogen and oxygen atoms in total. The van der Waals surface area contributed by atoms with Gasteiger partial charge >= 0.3 is 5.97 Å². The third-order valence-electron chi connectivity index (χ3n) is 2.95. The molecule has 0 heterocycles. The molecular formula is C14H23N3O3. The lowest BCUT2D eigenvalue weighted by atomic mass is 10.0. The van der Waals surface area contributed by atoms with Crippen molar-refractivity contribution in [2.24, 2.45) is 0 Å². The first-order valence-corrected chi connectivity index (χ1v) is 6.37. The van der Waals surface area contributed by atoms with E-state index in [4.69, 9.17) is 10.8 Å². The van der Waals surface area contributed by atoms with E-state index in [0.717, 1.165) is 0 Å². The first-order valence-electron chi connectivity index (χ1n) is 6.37. The van der Waals surface area contributed by atoms with Crippen LogP contribution in [-0.4, -0.2) is 53.9 Å². The molecule has 1 rings (SSSR count). The average Bonchev–Trinajstić information content (AvgIpc) is 2.28. The van der Waals surface area contributed by atoms with Gasteiger partial charge in [0, 0.05) is 24.5 Å². The van der Waals surface area contributed by atoms with Crippen molar-refractivity contribution in [3.8, 4) is 0 Å². The number of aliphatic hydroxyl groups is 1. The lowest BCUT2D eigenvalue weighted by Crippen LogP contribution is -2.43. The van der Waals surface area contributed by atoms with Gasteiger partial charge in [-0.3, -0.25) is 0 Å². The van der Waals surface area contributed by atoms with Crippen molar-refractivity contribution in [1.29, 1.82) is 0 Å². The maximum absolute atomic E-state index is 11.1. The first-order chi connectivity index (χ1) is 9.12. The summed E-state index contributed by atoms with van der Waals surface area (Å²) in [5.74, 6) is -1.06. The minimum Gasteiger partial charge on any atom is -0.478 e. The Bertz CT molecular complexity index is 499. The Morgan fingerprint density at radius 1 is 1.45 bits per heavy atom. The average molecular weight is 281 g/mol. The van der Waals surface area contributed by atoms with Gasteiger partial charge in [0.15, 0.2) is 0 Å². The second-order valence-electron chi connectivity index (χ2n) is 5.65. The van der Waals surface area contributed by atoms with Gasteiger partial charge in [-0.1, -0.05) is 0 Å². The lowest BCUT2D eigenvalue weighted by Gasteiger charge is -2.27. The van der Waals surface area contributed by atoms with Crippen molar-refractivity contribution in [3.05, 3.63) is 23.3 Å². The Morgan fingerprint density at radius 2 is 2.05 bits per heavy atom. The van der Waals surface area contributed by atoms with Gasteiger partial charge in [-0.15, -0.1) is 0 Å². The summed E-state index contributed by atoms with van der Waals surface area (Å²) in [5, 5.41) is 22.4. The van der Waals surface area contributed by atoms with Crippen LogP contribution in [0.4, 0.5) is 11.4 Å². The van der Waals surface area contributed by atoms with Gasteiger partial charge < -0.3 is 26.2 Å². The van der Waals surface area contributed by atoms with Gasteiger partial charge in [-0.2, -0.15) is 0 Å². The molecule has 0 aromatic heterocycles. The number of aryl methyl sites for hydroxylation is 1. The second-order valence-corrected chi connectivity index (χ2v) is 5.65. The predicted molar refractivity (Wildman–Crippen MR) is 80.2 cm³/mol. The molecule has 0 aliphatic heterocycles. The number of rotatable bonds is 6. The number of benzene rings is 1. The van der Waals surface area contributed by atoms with Crippen LogP contribution in [0.15, 0.2) is 12.1 Å². The fourth-order valence-corrected chi connectivity index (χ4v) is 2.11. The lowest BCUT2D eigenvalue weighted by molar-refractivity contribution is 0.0460. The molecule has 0 saturated heterocycles. The van der Waals surface area contributed by atoms with Crippen LogP contribution in [0.1, 0.15) is 22.8 Å². The zero-order chi connectivity index (χ0) is 15.5. The summed E-state index contributed by atoms with van der Waals surface area (Å²) in [7, 11) is 3.76. The molecule has 1 unspecified atom stereocenters. The quantitative estimate of drug-likeness (QED) is 0.581. The molecule has 20 heavy (non-hydrogen) atoms. The molecule has 1 aromatic rings. The van der Waals surface area contributed by atoms with Gasteiger partial charge in [0.2, 0.25) is 0 Å². The number of carboxylic acids is 1. The standard InChI is InChI=1S/C14H23N3O3/c1-9-5-10(6-11(12(9)15)13(18)19)16-7-14(2,20)8-17(3)4/h5-6,16,20H,7-8,15H2,1-4H3,(H,18,19). The number of nitrogens with two attached hydrogens (primary N) is 1. The summed E-state index contributed by atoms with van der Waals surface area (Å²) in [6, 6.07) is 3.25.